The Bertz CT molecular complexity index is 508. The second-order valence-electron chi connectivity index (χ2n) is 6.27. The summed E-state index contributed by atoms with van der Waals surface area (Å²) >= 11 is 1.02. The molecule has 1 saturated heterocycles. The first-order chi connectivity index (χ1) is 11.0. The summed E-state index contributed by atoms with van der Waals surface area (Å²) in [5.74, 6) is 0. The van der Waals surface area contributed by atoms with Gasteiger partial charge in [0.2, 0.25) is 0 Å². The number of aromatic nitrogens is 1. The van der Waals surface area contributed by atoms with Crippen molar-refractivity contribution in [1.82, 2.24) is 9.88 Å². The van der Waals surface area contributed by atoms with Crippen LogP contribution in [-0.2, 0) is 10.9 Å². The highest BCUT2D eigenvalue weighted by atomic mass is 32.1. The zero-order valence-electron chi connectivity index (χ0n) is 13.0. The average molecular weight is 349 g/mol. The molecule has 2 fully saturated rings. The summed E-state index contributed by atoms with van der Waals surface area (Å²) in [6.45, 7) is 3.91. The van der Waals surface area contributed by atoms with Crippen molar-refractivity contribution in [2.75, 3.05) is 38.2 Å². The lowest BCUT2D eigenvalue weighted by molar-refractivity contribution is -0.140. The minimum Gasteiger partial charge on any atom is -0.379 e. The van der Waals surface area contributed by atoms with Crippen LogP contribution < -0.4 is 5.32 Å². The standard InChI is InChI=1S/C15H22F3N3OS/c16-15(17,18)12-10-23-13(20-12)19-11-14(4-2-1-3-5-14)21-6-8-22-9-7-21/h10H,1-9,11H2,(H,19,20). The topological polar surface area (TPSA) is 37.4 Å². The van der Waals surface area contributed by atoms with Gasteiger partial charge in [0.15, 0.2) is 10.8 Å². The van der Waals surface area contributed by atoms with Gasteiger partial charge in [-0.2, -0.15) is 13.2 Å². The third-order valence-corrected chi connectivity index (χ3v) is 5.63. The number of thiazole rings is 1. The number of nitrogens with zero attached hydrogens (tertiary/aromatic N) is 2. The van der Waals surface area contributed by atoms with E-state index in [-0.39, 0.29) is 5.54 Å². The second kappa shape index (κ2) is 6.94. The van der Waals surface area contributed by atoms with Gasteiger partial charge in [-0.3, -0.25) is 4.90 Å². The van der Waals surface area contributed by atoms with Crippen LogP contribution in [0.15, 0.2) is 5.38 Å². The summed E-state index contributed by atoms with van der Waals surface area (Å²) < 4.78 is 43.4. The number of morpholine rings is 1. The highest BCUT2D eigenvalue weighted by Gasteiger charge is 2.39. The molecule has 3 rings (SSSR count). The number of hydrogen-bond acceptors (Lipinski definition) is 5. The lowest BCUT2D eigenvalue weighted by Crippen LogP contribution is -2.57. The molecule has 1 aliphatic heterocycles. The first-order valence-corrected chi connectivity index (χ1v) is 8.97. The Labute approximate surface area is 138 Å². The molecule has 1 N–H and O–H groups in total. The van der Waals surface area contributed by atoms with E-state index in [0.29, 0.717) is 11.7 Å². The van der Waals surface area contributed by atoms with Gasteiger partial charge in [-0.25, -0.2) is 4.98 Å². The first-order valence-electron chi connectivity index (χ1n) is 8.09. The van der Waals surface area contributed by atoms with E-state index in [0.717, 1.165) is 55.9 Å². The van der Waals surface area contributed by atoms with Gasteiger partial charge in [0.25, 0.3) is 0 Å². The molecule has 4 nitrogen and oxygen atoms in total. The van der Waals surface area contributed by atoms with Crippen LogP contribution in [0.5, 0.6) is 0 Å². The molecule has 1 aromatic rings. The molecule has 0 aromatic carbocycles. The molecular formula is C15H22F3N3OS. The minimum atomic E-state index is -4.37. The zero-order chi connectivity index (χ0) is 16.3. The van der Waals surface area contributed by atoms with Gasteiger partial charge in [-0.15, -0.1) is 11.3 Å². The molecule has 0 unspecified atom stereocenters. The molecule has 0 bridgehead atoms. The number of rotatable bonds is 4. The molecule has 0 amide bonds. The van der Waals surface area contributed by atoms with Crippen molar-refractivity contribution in [3.05, 3.63) is 11.1 Å². The van der Waals surface area contributed by atoms with Crippen LogP contribution in [0.2, 0.25) is 0 Å². The van der Waals surface area contributed by atoms with E-state index in [1.54, 1.807) is 0 Å². The predicted molar refractivity (Wildman–Crippen MR) is 83.8 cm³/mol. The molecule has 1 aliphatic carbocycles. The maximum Gasteiger partial charge on any atom is 0.434 e. The fourth-order valence-corrected chi connectivity index (χ4v) is 4.29. The number of halogens is 3. The van der Waals surface area contributed by atoms with Crippen molar-refractivity contribution < 1.29 is 17.9 Å². The van der Waals surface area contributed by atoms with Crippen LogP contribution >= 0.6 is 11.3 Å². The minimum absolute atomic E-state index is 0.0199. The summed E-state index contributed by atoms with van der Waals surface area (Å²) in [5.41, 5.74) is -0.791. The summed E-state index contributed by atoms with van der Waals surface area (Å²) in [4.78, 5) is 6.14. The maximum absolute atomic E-state index is 12.7. The van der Waals surface area contributed by atoms with E-state index in [2.05, 4.69) is 15.2 Å². The van der Waals surface area contributed by atoms with Gasteiger partial charge in [0.05, 0.1) is 13.2 Å². The van der Waals surface area contributed by atoms with Crippen LogP contribution in [0.3, 0.4) is 0 Å². The van der Waals surface area contributed by atoms with Crippen molar-refractivity contribution in [3.8, 4) is 0 Å². The van der Waals surface area contributed by atoms with E-state index in [1.807, 2.05) is 0 Å². The molecule has 0 radical (unpaired) electrons. The Balaban J connectivity index is 1.67. The number of ether oxygens (including phenoxy) is 1. The Morgan fingerprint density at radius 1 is 1.22 bits per heavy atom. The highest BCUT2D eigenvalue weighted by molar-refractivity contribution is 7.13. The summed E-state index contributed by atoms with van der Waals surface area (Å²) in [5, 5.41) is 4.60. The smallest absolute Gasteiger partial charge is 0.379 e. The van der Waals surface area contributed by atoms with Crippen molar-refractivity contribution in [3.63, 3.8) is 0 Å². The largest absolute Gasteiger partial charge is 0.434 e. The molecule has 23 heavy (non-hydrogen) atoms. The van der Waals surface area contributed by atoms with Gasteiger partial charge in [-0.05, 0) is 12.8 Å². The van der Waals surface area contributed by atoms with Gasteiger partial charge in [0.1, 0.15) is 0 Å². The second-order valence-corrected chi connectivity index (χ2v) is 7.13. The van der Waals surface area contributed by atoms with Crippen LogP contribution in [0.4, 0.5) is 18.3 Å². The summed E-state index contributed by atoms with van der Waals surface area (Å²) in [7, 11) is 0. The van der Waals surface area contributed by atoms with E-state index in [9.17, 15) is 13.2 Å². The highest BCUT2D eigenvalue weighted by Crippen LogP contribution is 2.36. The fourth-order valence-electron chi connectivity index (χ4n) is 3.58. The monoisotopic (exact) mass is 349 g/mol. The SMILES string of the molecule is FC(F)(F)c1csc(NCC2(N3CCOCC3)CCCCC2)n1. The van der Waals surface area contributed by atoms with Crippen LogP contribution in [0, 0.1) is 0 Å². The van der Waals surface area contributed by atoms with Crippen molar-refractivity contribution in [2.45, 2.75) is 43.8 Å². The lowest BCUT2D eigenvalue weighted by atomic mass is 9.80. The van der Waals surface area contributed by atoms with Gasteiger partial charge >= 0.3 is 6.18 Å². The van der Waals surface area contributed by atoms with E-state index in [1.165, 1.54) is 19.3 Å². The molecule has 1 saturated carbocycles. The summed E-state index contributed by atoms with van der Waals surface area (Å²) in [6, 6.07) is 0. The molecule has 8 heteroatoms. The normalized spacial score (nSPS) is 22.9. The maximum atomic E-state index is 12.7. The van der Waals surface area contributed by atoms with Crippen molar-refractivity contribution in [2.24, 2.45) is 0 Å². The molecule has 130 valence electrons. The number of alkyl halides is 3. The van der Waals surface area contributed by atoms with Crippen LogP contribution in [0.1, 0.15) is 37.8 Å². The predicted octanol–water partition coefficient (Wildman–Crippen LogP) is 3.61. The molecular weight excluding hydrogens is 327 g/mol. The third-order valence-electron chi connectivity index (χ3n) is 4.83. The van der Waals surface area contributed by atoms with Gasteiger partial charge < -0.3 is 10.1 Å². The van der Waals surface area contributed by atoms with E-state index in [4.69, 9.17) is 4.74 Å². The number of anilines is 1. The van der Waals surface area contributed by atoms with Gasteiger partial charge in [-0.1, -0.05) is 19.3 Å². The third kappa shape index (κ3) is 3.97. The fraction of sp³-hybridized carbons (Fsp3) is 0.800. The Morgan fingerprint density at radius 3 is 2.52 bits per heavy atom. The molecule has 0 atom stereocenters. The van der Waals surface area contributed by atoms with Crippen molar-refractivity contribution >= 4 is 16.5 Å². The number of nitrogens with one attached hydrogen (secondary N) is 1. The zero-order valence-corrected chi connectivity index (χ0v) is 13.8. The van der Waals surface area contributed by atoms with E-state index < -0.39 is 11.9 Å². The summed E-state index contributed by atoms with van der Waals surface area (Å²) in [6.07, 6.45) is 1.37. The Kier molecular flexibility index (Phi) is 5.13. The van der Waals surface area contributed by atoms with E-state index >= 15 is 0 Å². The van der Waals surface area contributed by atoms with Crippen LogP contribution in [-0.4, -0.2) is 48.3 Å². The van der Waals surface area contributed by atoms with Gasteiger partial charge in [0, 0.05) is 30.6 Å². The molecule has 2 heterocycles. The molecule has 1 aromatic heterocycles. The Morgan fingerprint density at radius 2 is 1.91 bits per heavy atom. The quantitative estimate of drug-likeness (QED) is 0.901. The van der Waals surface area contributed by atoms with Crippen molar-refractivity contribution in [1.29, 1.82) is 0 Å². The molecule has 2 aliphatic rings. The Hall–Kier alpha value is -0.860. The van der Waals surface area contributed by atoms with Crippen LogP contribution in [0.25, 0.3) is 0 Å². The molecule has 0 spiro atoms. The lowest BCUT2D eigenvalue weighted by Gasteiger charge is -2.48. The average Bonchev–Trinajstić information content (AvgIpc) is 3.04. The number of hydrogen-bond donors (Lipinski definition) is 1. The first kappa shape index (κ1) is 17.0.